The van der Waals surface area contributed by atoms with Crippen LogP contribution in [0.4, 0.5) is 15.9 Å². The van der Waals surface area contributed by atoms with Crippen LogP contribution in [0.3, 0.4) is 0 Å². The summed E-state index contributed by atoms with van der Waals surface area (Å²) in [6.45, 7) is 7.35. The van der Waals surface area contributed by atoms with Crippen molar-refractivity contribution in [3.05, 3.63) is 104 Å². The molecule has 4 heterocycles. The van der Waals surface area contributed by atoms with Crippen LogP contribution in [0.1, 0.15) is 42.3 Å². The van der Waals surface area contributed by atoms with Crippen molar-refractivity contribution in [2.24, 2.45) is 7.05 Å². The molecular weight excluding hydrogens is 605 g/mol. The number of hydrogen-bond acceptors (Lipinski definition) is 9. The highest BCUT2D eigenvalue weighted by atomic mass is 19.1. The highest BCUT2D eigenvalue weighted by molar-refractivity contribution is 5.94. The number of aromatic nitrogens is 5. The third kappa shape index (κ3) is 6.14. The molecule has 0 radical (unpaired) electrons. The van der Waals surface area contributed by atoms with Gasteiger partial charge >= 0.3 is 0 Å². The summed E-state index contributed by atoms with van der Waals surface area (Å²) in [6.07, 6.45) is 2.88. The van der Waals surface area contributed by atoms with Gasteiger partial charge in [0.1, 0.15) is 17.3 Å². The minimum absolute atomic E-state index is 0.112. The van der Waals surface area contributed by atoms with E-state index in [1.807, 2.05) is 20.8 Å². The molecular formula is C34H34FN7O5. The van der Waals surface area contributed by atoms with Gasteiger partial charge in [0.05, 0.1) is 48.3 Å². The van der Waals surface area contributed by atoms with Crippen LogP contribution in [0, 0.1) is 5.82 Å². The van der Waals surface area contributed by atoms with Gasteiger partial charge in [0, 0.05) is 42.8 Å². The first-order chi connectivity index (χ1) is 22.5. The molecule has 1 fully saturated rings. The summed E-state index contributed by atoms with van der Waals surface area (Å²) in [5, 5.41) is 22.5. The van der Waals surface area contributed by atoms with Crippen molar-refractivity contribution in [3.63, 3.8) is 0 Å². The molecule has 13 heteroatoms. The lowest BCUT2D eigenvalue weighted by Crippen LogP contribution is -2.40. The van der Waals surface area contributed by atoms with Crippen LogP contribution in [-0.4, -0.2) is 66.8 Å². The second kappa shape index (κ2) is 12.5. The largest absolute Gasteiger partial charge is 0.392 e. The summed E-state index contributed by atoms with van der Waals surface area (Å²) in [4.78, 5) is 45.5. The van der Waals surface area contributed by atoms with E-state index in [0.717, 1.165) is 14.9 Å². The van der Waals surface area contributed by atoms with Crippen LogP contribution >= 0.6 is 0 Å². The van der Waals surface area contributed by atoms with Crippen molar-refractivity contribution in [3.8, 4) is 16.9 Å². The van der Waals surface area contributed by atoms with E-state index in [1.165, 1.54) is 31.6 Å². The van der Waals surface area contributed by atoms with Crippen LogP contribution in [0.25, 0.3) is 27.7 Å². The fraction of sp³-hybridized carbons (Fsp3) is 0.294. The van der Waals surface area contributed by atoms with Crippen molar-refractivity contribution >= 4 is 28.2 Å². The number of aryl methyl sites for hydroxylation is 1. The first kappa shape index (κ1) is 31.7. The Morgan fingerprint density at radius 2 is 1.81 bits per heavy atom. The van der Waals surface area contributed by atoms with Gasteiger partial charge in [-0.3, -0.25) is 14.4 Å². The van der Waals surface area contributed by atoms with Gasteiger partial charge in [-0.1, -0.05) is 32.9 Å². The number of halogens is 1. The molecule has 3 aromatic heterocycles. The fourth-order valence-corrected chi connectivity index (χ4v) is 5.53. The quantitative estimate of drug-likeness (QED) is 0.284. The Morgan fingerprint density at radius 1 is 1.04 bits per heavy atom. The molecule has 2 N–H and O–H groups in total. The topological polar surface area (TPSA) is 144 Å². The standard InChI is InChI=1S/C34H34FN7O5/c1-34(2,3)22-14-21-18-37-42(33(46)30(21)25(35)15-22)28-7-5-6-23(24(28)19-43)26-16-27(32(45)40(4)39-26)38-29-9-8-20(17-36-29)31(44)41-10-12-47-13-11-41/h5-9,14-18,43H,10-13,19H2,1-4H3,(H,36,38). The van der Waals surface area contributed by atoms with E-state index in [9.17, 15) is 19.5 Å². The van der Waals surface area contributed by atoms with Gasteiger partial charge in [0.25, 0.3) is 17.0 Å². The van der Waals surface area contributed by atoms with Crippen LogP contribution in [0.15, 0.2) is 70.5 Å². The molecule has 0 unspecified atom stereocenters. The smallest absolute Gasteiger partial charge is 0.290 e. The predicted molar refractivity (Wildman–Crippen MR) is 175 cm³/mol. The number of hydrogen-bond donors (Lipinski definition) is 2. The van der Waals surface area contributed by atoms with E-state index in [4.69, 9.17) is 4.74 Å². The van der Waals surface area contributed by atoms with Gasteiger partial charge in [0.15, 0.2) is 0 Å². The number of rotatable bonds is 6. The highest BCUT2D eigenvalue weighted by Crippen LogP contribution is 2.30. The molecule has 12 nitrogen and oxygen atoms in total. The third-order valence-corrected chi connectivity index (χ3v) is 8.15. The Hall–Kier alpha value is -5.27. The zero-order chi connectivity index (χ0) is 33.5. The number of aliphatic hydroxyl groups excluding tert-OH is 1. The van der Waals surface area contributed by atoms with E-state index in [1.54, 1.807) is 41.3 Å². The van der Waals surface area contributed by atoms with Gasteiger partial charge in [-0.2, -0.15) is 14.9 Å². The summed E-state index contributed by atoms with van der Waals surface area (Å²) in [5.74, 6) is -0.474. The van der Waals surface area contributed by atoms with Gasteiger partial charge in [-0.25, -0.2) is 14.1 Å². The minimum atomic E-state index is -0.676. The van der Waals surface area contributed by atoms with Crippen LogP contribution < -0.4 is 16.4 Å². The number of carbonyl (C=O) groups excluding carboxylic acids is 1. The van der Waals surface area contributed by atoms with E-state index in [0.29, 0.717) is 59.9 Å². The highest BCUT2D eigenvalue weighted by Gasteiger charge is 2.22. The number of morpholine rings is 1. The molecule has 47 heavy (non-hydrogen) atoms. The van der Waals surface area contributed by atoms with Crippen molar-refractivity contribution in [2.45, 2.75) is 32.8 Å². The number of pyridine rings is 1. The molecule has 1 saturated heterocycles. The number of amides is 1. The monoisotopic (exact) mass is 639 g/mol. The maximum absolute atomic E-state index is 15.3. The normalized spacial score (nSPS) is 13.6. The first-order valence-corrected chi connectivity index (χ1v) is 15.1. The number of ether oxygens (including phenoxy) is 1. The summed E-state index contributed by atoms with van der Waals surface area (Å²) in [6, 6.07) is 12.8. The molecule has 1 aliphatic rings. The number of fused-ring (bicyclic) bond motifs is 1. The first-order valence-electron chi connectivity index (χ1n) is 15.1. The van der Waals surface area contributed by atoms with E-state index >= 15 is 4.39 Å². The average Bonchev–Trinajstić information content (AvgIpc) is 3.06. The van der Waals surface area contributed by atoms with Crippen molar-refractivity contribution in [1.29, 1.82) is 0 Å². The summed E-state index contributed by atoms with van der Waals surface area (Å²) >= 11 is 0. The van der Waals surface area contributed by atoms with E-state index < -0.39 is 23.5 Å². The Labute approximate surface area is 269 Å². The Kier molecular flexibility index (Phi) is 8.43. The molecule has 242 valence electrons. The fourth-order valence-electron chi connectivity index (χ4n) is 5.53. The van der Waals surface area contributed by atoms with E-state index in [-0.39, 0.29) is 28.1 Å². The third-order valence-electron chi connectivity index (χ3n) is 8.15. The number of nitrogens with zero attached hydrogens (tertiary/aromatic N) is 6. The molecule has 0 spiro atoms. The van der Waals surface area contributed by atoms with Crippen molar-refractivity contribution < 1.29 is 19.0 Å². The average molecular weight is 640 g/mol. The maximum Gasteiger partial charge on any atom is 0.290 e. The molecule has 0 aliphatic carbocycles. The zero-order valence-electron chi connectivity index (χ0n) is 26.5. The molecule has 5 aromatic rings. The van der Waals surface area contributed by atoms with E-state index in [2.05, 4.69) is 20.5 Å². The van der Waals surface area contributed by atoms with Crippen molar-refractivity contribution in [1.82, 2.24) is 29.4 Å². The van der Waals surface area contributed by atoms with Crippen LogP contribution in [-0.2, 0) is 23.8 Å². The summed E-state index contributed by atoms with van der Waals surface area (Å²) in [5.41, 5.74) is 1.12. The van der Waals surface area contributed by atoms with Gasteiger partial charge in [-0.15, -0.1) is 0 Å². The lowest BCUT2D eigenvalue weighted by atomic mass is 9.86. The number of anilines is 2. The maximum atomic E-state index is 15.3. The molecule has 0 bridgehead atoms. The lowest BCUT2D eigenvalue weighted by molar-refractivity contribution is 0.0302. The molecule has 1 aliphatic heterocycles. The summed E-state index contributed by atoms with van der Waals surface area (Å²) < 4.78 is 22.9. The Balaban J connectivity index is 1.36. The molecule has 0 atom stereocenters. The van der Waals surface area contributed by atoms with Gasteiger partial charge in [-0.05, 0) is 47.4 Å². The Bertz CT molecular complexity index is 2110. The number of benzene rings is 2. The SMILES string of the molecule is Cn1nc(-c2cccc(-n3ncc4cc(C(C)(C)C)cc(F)c4c3=O)c2CO)cc(Nc2ccc(C(=O)N3CCOCC3)cn2)c1=O. The molecule has 0 saturated carbocycles. The van der Waals surface area contributed by atoms with Gasteiger partial charge < -0.3 is 20.1 Å². The second-order valence-corrected chi connectivity index (χ2v) is 12.3. The second-order valence-electron chi connectivity index (χ2n) is 12.3. The Morgan fingerprint density at radius 3 is 2.49 bits per heavy atom. The van der Waals surface area contributed by atoms with Crippen LogP contribution in [0.2, 0.25) is 0 Å². The van der Waals surface area contributed by atoms with Crippen molar-refractivity contribution in [2.75, 3.05) is 31.6 Å². The minimum Gasteiger partial charge on any atom is -0.392 e. The number of nitrogens with one attached hydrogen (secondary N) is 1. The zero-order valence-corrected chi connectivity index (χ0v) is 26.5. The molecule has 2 aromatic carbocycles. The number of aliphatic hydroxyl groups is 1. The summed E-state index contributed by atoms with van der Waals surface area (Å²) in [7, 11) is 1.49. The predicted octanol–water partition coefficient (Wildman–Crippen LogP) is 3.69. The molecule has 6 rings (SSSR count). The molecule has 1 amide bonds. The number of carbonyl (C=O) groups is 1. The van der Waals surface area contributed by atoms with Gasteiger partial charge in [0.2, 0.25) is 0 Å². The van der Waals surface area contributed by atoms with Crippen LogP contribution in [0.5, 0.6) is 0 Å². The lowest BCUT2D eigenvalue weighted by Gasteiger charge is -2.26.